The smallest absolute Gasteiger partial charge is 0.165 e. The van der Waals surface area contributed by atoms with Crippen molar-refractivity contribution in [1.29, 1.82) is 0 Å². The highest BCUT2D eigenvalue weighted by Gasteiger charge is 2.16. The molecule has 0 bridgehead atoms. The van der Waals surface area contributed by atoms with Crippen molar-refractivity contribution >= 4 is 72.7 Å². The van der Waals surface area contributed by atoms with E-state index in [4.69, 9.17) is 23.2 Å². The molecule has 0 fully saturated rings. The fourth-order valence-electron chi connectivity index (χ4n) is 2.78. The van der Waals surface area contributed by atoms with Crippen LogP contribution >= 0.6 is 55.1 Å². The summed E-state index contributed by atoms with van der Waals surface area (Å²) in [6.07, 6.45) is 3.47. The van der Waals surface area contributed by atoms with Gasteiger partial charge >= 0.3 is 0 Å². The Hall–Kier alpha value is -1.86. The highest BCUT2D eigenvalue weighted by atomic mass is 79.9. The Morgan fingerprint density at radius 3 is 2.68 bits per heavy atom. The molecule has 4 nitrogen and oxygen atoms in total. The first-order valence-electron chi connectivity index (χ1n) is 8.08. The lowest BCUT2D eigenvalue weighted by atomic mass is 10.1. The molecule has 2 aromatic heterocycles. The number of fused-ring (bicyclic) bond motifs is 1. The van der Waals surface area contributed by atoms with Gasteiger partial charge in [-0.05, 0) is 58.4 Å². The molecule has 0 aliphatic rings. The molecule has 8 heteroatoms. The predicted octanol–water partition coefficient (Wildman–Crippen LogP) is 7.29. The van der Waals surface area contributed by atoms with Gasteiger partial charge in [0.1, 0.15) is 17.1 Å². The number of hydrogen-bond donors (Lipinski definition) is 1. The normalized spacial score (nSPS) is 11.6. The molecule has 1 N–H and O–H groups in total. The molecule has 4 rings (SSSR count). The van der Waals surface area contributed by atoms with Gasteiger partial charge in [-0.2, -0.15) is 0 Å². The quantitative estimate of drug-likeness (QED) is 0.278. The second-order valence-electron chi connectivity index (χ2n) is 5.92. The Morgan fingerprint density at radius 1 is 1.07 bits per heavy atom. The summed E-state index contributed by atoms with van der Waals surface area (Å²) < 4.78 is 3.25. The number of phenols is 1. The third-order valence-electron chi connectivity index (χ3n) is 4.07. The molecular formula is C20H11Br2Cl2N3O. The minimum atomic E-state index is 0.104. The average molecular weight is 540 g/mol. The van der Waals surface area contributed by atoms with Crippen LogP contribution in [0.2, 0.25) is 10.0 Å². The van der Waals surface area contributed by atoms with Crippen molar-refractivity contribution in [3.05, 3.63) is 79.3 Å². The number of imidazole rings is 1. The maximum absolute atomic E-state index is 10.3. The first-order chi connectivity index (χ1) is 13.4. The number of aliphatic imine (C=N–C) groups is 1. The van der Waals surface area contributed by atoms with Crippen LogP contribution in [0, 0.1) is 0 Å². The van der Waals surface area contributed by atoms with E-state index in [1.165, 1.54) is 0 Å². The van der Waals surface area contributed by atoms with Gasteiger partial charge in [0.05, 0.1) is 9.50 Å². The van der Waals surface area contributed by atoms with Crippen LogP contribution in [0.1, 0.15) is 5.56 Å². The predicted molar refractivity (Wildman–Crippen MR) is 121 cm³/mol. The summed E-state index contributed by atoms with van der Waals surface area (Å²) in [6, 6.07) is 14.5. The molecule has 2 aromatic carbocycles. The van der Waals surface area contributed by atoms with E-state index < -0.39 is 0 Å². The minimum absolute atomic E-state index is 0.104. The fourth-order valence-corrected chi connectivity index (χ4v) is 4.54. The lowest BCUT2D eigenvalue weighted by molar-refractivity contribution is 0.471. The molecule has 0 amide bonds. The first kappa shape index (κ1) is 19.5. The Kier molecular flexibility index (Phi) is 5.47. The lowest BCUT2D eigenvalue weighted by Gasteiger charge is -2.05. The Bertz CT molecular complexity index is 1240. The summed E-state index contributed by atoms with van der Waals surface area (Å²) in [5, 5.41) is 11.3. The van der Waals surface area contributed by atoms with Crippen LogP contribution in [0.25, 0.3) is 16.9 Å². The van der Waals surface area contributed by atoms with E-state index >= 15 is 0 Å². The van der Waals surface area contributed by atoms with Crippen LogP contribution in [0.4, 0.5) is 5.82 Å². The summed E-state index contributed by atoms with van der Waals surface area (Å²) in [7, 11) is 0. The number of aromatic hydroxyl groups is 1. The van der Waals surface area contributed by atoms with Crippen molar-refractivity contribution in [2.75, 3.05) is 0 Å². The van der Waals surface area contributed by atoms with Gasteiger partial charge in [0.25, 0.3) is 0 Å². The van der Waals surface area contributed by atoms with Crippen LogP contribution in [-0.4, -0.2) is 20.7 Å². The maximum atomic E-state index is 10.3. The zero-order valence-corrected chi connectivity index (χ0v) is 18.8. The van der Waals surface area contributed by atoms with Gasteiger partial charge in [-0.1, -0.05) is 45.2 Å². The largest absolute Gasteiger partial charge is 0.506 e. The zero-order valence-electron chi connectivity index (χ0n) is 14.1. The van der Waals surface area contributed by atoms with Crippen molar-refractivity contribution < 1.29 is 5.11 Å². The maximum Gasteiger partial charge on any atom is 0.165 e. The van der Waals surface area contributed by atoms with E-state index in [1.807, 2.05) is 34.9 Å². The number of rotatable bonds is 3. The number of benzene rings is 2. The van der Waals surface area contributed by atoms with E-state index in [0.29, 0.717) is 31.6 Å². The van der Waals surface area contributed by atoms with E-state index in [1.54, 1.807) is 30.5 Å². The molecule has 140 valence electrons. The van der Waals surface area contributed by atoms with E-state index in [-0.39, 0.29) is 5.75 Å². The van der Waals surface area contributed by atoms with Crippen molar-refractivity contribution in [2.45, 2.75) is 0 Å². The molecule has 28 heavy (non-hydrogen) atoms. The summed E-state index contributed by atoms with van der Waals surface area (Å²) in [5.74, 6) is 0.696. The van der Waals surface area contributed by atoms with Gasteiger partial charge in [0.15, 0.2) is 5.82 Å². The number of phenolic OH excluding ortho intramolecular Hbond substituents is 1. The van der Waals surface area contributed by atoms with Crippen molar-refractivity contribution in [1.82, 2.24) is 9.38 Å². The van der Waals surface area contributed by atoms with Crippen LogP contribution in [-0.2, 0) is 0 Å². The topological polar surface area (TPSA) is 49.9 Å². The number of nitrogens with zero attached hydrogens (tertiary/aromatic N) is 3. The van der Waals surface area contributed by atoms with E-state index in [0.717, 1.165) is 15.7 Å². The molecule has 0 aliphatic carbocycles. The van der Waals surface area contributed by atoms with Crippen LogP contribution in [0.5, 0.6) is 5.75 Å². The molecule has 0 unspecified atom stereocenters. The van der Waals surface area contributed by atoms with Crippen molar-refractivity contribution in [3.8, 4) is 17.0 Å². The van der Waals surface area contributed by atoms with Crippen LogP contribution in [0.3, 0.4) is 0 Å². The summed E-state index contributed by atoms with van der Waals surface area (Å²) in [6.45, 7) is 0. The van der Waals surface area contributed by atoms with Crippen molar-refractivity contribution in [2.24, 2.45) is 4.99 Å². The van der Waals surface area contributed by atoms with E-state index in [9.17, 15) is 5.11 Å². The first-order valence-corrected chi connectivity index (χ1v) is 10.4. The fraction of sp³-hybridized carbons (Fsp3) is 0. The number of pyridine rings is 1. The number of halogens is 4. The highest BCUT2D eigenvalue weighted by molar-refractivity contribution is 9.11. The number of hydrogen-bond acceptors (Lipinski definition) is 3. The minimum Gasteiger partial charge on any atom is -0.506 e. The SMILES string of the molecule is Oc1c(Br)cc(Br)cc1/C=N/c1c(-c2ccc(Cl)cc2Cl)nc2ccccn12. The van der Waals surface area contributed by atoms with E-state index in [2.05, 4.69) is 41.8 Å². The Balaban J connectivity index is 1.91. The summed E-state index contributed by atoms with van der Waals surface area (Å²) in [4.78, 5) is 9.31. The van der Waals surface area contributed by atoms with Gasteiger partial charge in [-0.15, -0.1) is 0 Å². The second-order valence-corrected chi connectivity index (χ2v) is 8.53. The highest BCUT2D eigenvalue weighted by Crippen LogP contribution is 2.37. The lowest BCUT2D eigenvalue weighted by Crippen LogP contribution is -1.87. The molecule has 0 atom stereocenters. The molecular weight excluding hydrogens is 529 g/mol. The summed E-state index contributed by atoms with van der Waals surface area (Å²) >= 11 is 19.2. The Morgan fingerprint density at radius 2 is 1.89 bits per heavy atom. The van der Waals surface area contributed by atoms with Gasteiger partial charge in [-0.3, -0.25) is 4.40 Å². The zero-order chi connectivity index (χ0) is 19.8. The number of aromatic nitrogens is 2. The van der Waals surface area contributed by atoms with Gasteiger partial charge in [0, 0.05) is 33.0 Å². The van der Waals surface area contributed by atoms with Gasteiger partial charge in [-0.25, -0.2) is 9.98 Å². The molecule has 2 heterocycles. The van der Waals surface area contributed by atoms with Crippen LogP contribution < -0.4 is 0 Å². The van der Waals surface area contributed by atoms with Gasteiger partial charge < -0.3 is 5.11 Å². The molecule has 4 aromatic rings. The second kappa shape index (κ2) is 7.87. The summed E-state index contributed by atoms with van der Waals surface area (Å²) in [5.41, 5.74) is 2.63. The molecule has 0 spiro atoms. The monoisotopic (exact) mass is 537 g/mol. The Labute approximate surface area is 187 Å². The molecule has 0 saturated carbocycles. The molecule has 0 saturated heterocycles. The van der Waals surface area contributed by atoms with Crippen molar-refractivity contribution in [3.63, 3.8) is 0 Å². The average Bonchev–Trinajstić information content (AvgIpc) is 3.01. The van der Waals surface area contributed by atoms with Gasteiger partial charge in [0.2, 0.25) is 0 Å². The third kappa shape index (κ3) is 3.70. The third-order valence-corrected chi connectivity index (χ3v) is 5.68. The standard InChI is InChI=1S/C20H11Br2Cl2N3O/c21-12-7-11(19(28)15(22)8-12)10-25-20-18(14-5-4-13(23)9-16(14)24)26-17-3-1-2-6-27(17)20/h1-10,28H/b25-10+. The molecule has 0 aliphatic heterocycles. The molecule has 0 radical (unpaired) electrons. The van der Waals surface area contributed by atoms with Crippen LogP contribution in [0.15, 0.2) is 68.7 Å².